The number of nitrogens with one attached hydrogen (secondary N) is 2. The first kappa shape index (κ1) is 14.7. The zero-order valence-electron chi connectivity index (χ0n) is 11.2. The van der Waals surface area contributed by atoms with Gasteiger partial charge in [0.05, 0.1) is 5.52 Å². The fourth-order valence-electron chi connectivity index (χ4n) is 2.02. The molecular formula is C15H11BrN4OS. The van der Waals surface area contributed by atoms with Crippen molar-refractivity contribution in [3.05, 3.63) is 53.0 Å². The Labute approximate surface area is 140 Å². The van der Waals surface area contributed by atoms with Gasteiger partial charge in [0.25, 0.3) is 0 Å². The summed E-state index contributed by atoms with van der Waals surface area (Å²) in [6.07, 6.45) is 0. The second-order valence-corrected chi connectivity index (χ2v) is 5.72. The molecule has 0 saturated heterocycles. The molecular weight excluding hydrogens is 364 g/mol. The van der Waals surface area contributed by atoms with Crippen LogP contribution in [0.4, 0.5) is 11.4 Å². The number of fused-ring (bicyclic) bond motifs is 1. The molecule has 0 atom stereocenters. The quantitative estimate of drug-likeness (QED) is 0.430. The van der Waals surface area contributed by atoms with E-state index < -0.39 is 0 Å². The van der Waals surface area contributed by atoms with E-state index in [4.69, 9.17) is 12.2 Å². The van der Waals surface area contributed by atoms with E-state index in [0.29, 0.717) is 5.69 Å². The van der Waals surface area contributed by atoms with E-state index in [1.165, 1.54) is 0 Å². The number of hydrogen-bond donors (Lipinski definition) is 3. The Balaban J connectivity index is 1.85. The van der Waals surface area contributed by atoms with Crippen LogP contribution in [0.2, 0.25) is 0 Å². The number of para-hydroxylation sites is 2. The predicted octanol–water partition coefficient (Wildman–Crippen LogP) is 5.12. The van der Waals surface area contributed by atoms with Gasteiger partial charge in [-0.15, -0.1) is 10.2 Å². The van der Waals surface area contributed by atoms with E-state index in [1.807, 2.05) is 48.5 Å². The number of benzene rings is 2. The summed E-state index contributed by atoms with van der Waals surface area (Å²) < 4.78 is 0.840. The average Bonchev–Trinajstić information content (AvgIpc) is 2.83. The number of azo groups is 1. The minimum atomic E-state index is -0.0480. The smallest absolute Gasteiger partial charge is 0.218 e. The normalized spacial score (nSPS) is 11.1. The molecule has 3 N–H and O–H groups in total. The van der Waals surface area contributed by atoms with Crippen LogP contribution in [0, 0.1) is 0 Å². The highest BCUT2D eigenvalue weighted by molar-refractivity contribution is 9.10. The number of rotatable bonds is 2. The Morgan fingerprint density at radius 2 is 1.91 bits per heavy atom. The fraction of sp³-hybridized carbons (Fsp3) is 0. The molecule has 1 aromatic heterocycles. The second-order valence-electron chi connectivity index (χ2n) is 4.48. The van der Waals surface area contributed by atoms with E-state index in [2.05, 4.69) is 36.5 Å². The lowest BCUT2D eigenvalue weighted by Crippen LogP contribution is -2.04. The number of aromatic amines is 1. The van der Waals surface area contributed by atoms with Crippen LogP contribution in [-0.2, 0) is 0 Å². The fourth-order valence-corrected chi connectivity index (χ4v) is 2.64. The van der Waals surface area contributed by atoms with E-state index in [-0.39, 0.29) is 11.0 Å². The van der Waals surface area contributed by atoms with Crippen molar-refractivity contribution in [1.29, 1.82) is 0 Å². The van der Waals surface area contributed by atoms with Crippen LogP contribution >= 0.6 is 28.1 Å². The maximum Gasteiger partial charge on any atom is 0.218 e. The maximum atomic E-state index is 9.97. The van der Waals surface area contributed by atoms with Crippen molar-refractivity contribution in [1.82, 2.24) is 4.98 Å². The van der Waals surface area contributed by atoms with Crippen LogP contribution in [0.5, 0.6) is 5.88 Å². The molecule has 3 rings (SSSR count). The molecule has 3 aromatic rings. The van der Waals surface area contributed by atoms with Crippen molar-refractivity contribution in [2.75, 3.05) is 5.32 Å². The van der Waals surface area contributed by atoms with Gasteiger partial charge >= 0.3 is 0 Å². The van der Waals surface area contributed by atoms with Crippen LogP contribution in [0.25, 0.3) is 10.9 Å². The molecule has 0 radical (unpaired) electrons. The predicted molar refractivity (Wildman–Crippen MR) is 94.8 cm³/mol. The Kier molecular flexibility index (Phi) is 4.17. The molecule has 22 heavy (non-hydrogen) atoms. The minimum absolute atomic E-state index is 0.0480. The summed E-state index contributed by atoms with van der Waals surface area (Å²) >= 11 is 8.54. The van der Waals surface area contributed by atoms with Crippen molar-refractivity contribution in [3.63, 3.8) is 0 Å². The first-order valence-corrected chi connectivity index (χ1v) is 7.62. The lowest BCUT2D eigenvalue weighted by molar-refractivity contribution is 0.459. The molecule has 1 heterocycles. The number of H-pyrrole nitrogens is 1. The molecule has 7 heteroatoms. The average molecular weight is 375 g/mol. The molecule has 0 unspecified atom stereocenters. The topological polar surface area (TPSA) is 72.8 Å². The van der Waals surface area contributed by atoms with Gasteiger partial charge in [0.2, 0.25) is 11.0 Å². The third-order valence-corrected chi connectivity index (χ3v) is 3.85. The first-order valence-electron chi connectivity index (χ1n) is 6.42. The Bertz CT molecular complexity index is 861. The number of anilines is 1. The van der Waals surface area contributed by atoms with Crippen molar-refractivity contribution < 1.29 is 5.11 Å². The number of aromatic nitrogens is 1. The van der Waals surface area contributed by atoms with Crippen LogP contribution < -0.4 is 5.32 Å². The van der Waals surface area contributed by atoms with E-state index in [1.54, 1.807) is 0 Å². The van der Waals surface area contributed by atoms with Gasteiger partial charge in [0.1, 0.15) is 0 Å². The number of aromatic hydroxyl groups is 1. The molecule has 5 nitrogen and oxygen atoms in total. The highest BCUT2D eigenvalue weighted by Gasteiger charge is 2.12. The molecule has 0 saturated carbocycles. The van der Waals surface area contributed by atoms with Crippen LogP contribution in [0.1, 0.15) is 0 Å². The summed E-state index contributed by atoms with van der Waals surface area (Å²) in [6, 6.07) is 15.0. The summed E-state index contributed by atoms with van der Waals surface area (Å²) in [4.78, 5) is 2.86. The summed E-state index contributed by atoms with van der Waals surface area (Å²) in [5.74, 6) is -0.0480. The van der Waals surface area contributed by atoms with E-state index in [0.717, 1.165) is 21.1 Å². The number of thiocarbonyl (C=S) groups is 1. The molecule has 0 aliphatic carbocycles. The third-order valence-electron chi connectivity index (χ3n) is 3.00. The minimum Gasteiger partial charge on any atom is -0.493 e. The Morgan fingerprint density at radius 1 is 1.14 bits per heavy atom. The second kappa shape index (κ2) is 6.25. The molecule has 0 aliphatic rings. The summed E-state index contributed by atoms with van der Waals surface area (Å²) in [5, 5.41) is 21.9. The van der Waals surface area contributed by atoms with E-state index in [9.17, 15) is 5.11 Å². The molecule has 0 amide bonds. The molecule has 0 aliphatic heterocycles. The van der Waals surface area contributed by atoms with Crippen LogP contribution in [0.15, 0.2) is 63.2 Å². The summed E-state index contributed by atoms with van der Waals surface area (Å²) in [6.45, 7) is 0. The van der Waals surface area contributed by atoms with Crippen molar-refractivity contribution in [2.24, 2.45) is 10.2 Å². The van der Waals surface area contributed by atoms with E-state index >= 15 is 0 Å². The van der Waals surface area contributed by atoms with Gasteiger partial charge in [-0.05, 0) is 46.3 Å². The lowest BCUT2D eigenvalue weighted by Gasteiger charge is -2.01. The van der Waals surface area contributed by atoms with Crippen molar-refractivity contribution in [3.8, 4) is 5.88 Å². The van der Waals surface area contributed by atoms with Crippen LogP contribution in [0.3, 0.4) is 0 Å². The zero-order chi connectivity index (χ0) is 15.5. The Hall–Kier alpha value is -2.25. The third kappa shape index (κ3) is 3.00. The highest BCUT2D eigenvalue weighted by atomic mass is 79.9. The number of hydrogen-bond acceptors (Lipinski definition) is 3. The standard InChI is InChI=1S/C15H11BrN4OS/c16-11-8-4-7-10-12(11)18-14(21)13(10)19-20-15(22)17-9-5-2-1-3-6-9/h1-8,18,21H,(H,17,22). The Morgan fingerprint density at radius 3 is 2.68 bits per heavy atom. The van der Waals surface area contributed by atoms with Crippen molar-refractivity contribution in [2.45, 2.75) is 0 Å². The van der Waals surface area contributed by atoms with Gasteiger partial charge in [-0.25, -0.2) is 0 Å². The van der Waals surface area contributed by atoms with Gasteiger partial charge < -0.3 is 15.4 Å². The number of nitrogens with zero attached hydrogens (tertiary/aromatic N) is 2. The molecule has 110 valence electrons. The van der Waals surface area contributed by atoms with Gasteiger partial charge in [0.15, 0.2) is 5.69 Å². The van der Waals surface area contributed by atoms with Gasteiger partial charge in [-0.2, -0.15) is 0 Å². The first-order chi connectivity index (χ1) is 10.6. The molecule has 2 aromatic carbocycles. The van der Waals surface area contributed by atoms with Gasteiger partial charge in [0, 0.05) is 15.5 Å². The van der Waals surface area contributed by atoms with Gasteiger partial charge in [-0.3, -0.25) is 0 Å². The maximum absolute atomic E-state index is 9.97. The SMILES string of the molecule is Oc1[nH]c2c(Br)cccc2c1N=NC(=S)Nc1ccccc1. The number of halogens is 1. The molecule has 0 fully saturated rings. The van der Waals surface area contributed by atoms with Crippen LogP contribution in [-0.4, -0.2) is 15.2 Å². The molecule has 0 spiro atoms. The van der Waals surface area contributed by atoms with Crippen molar-refractivity contribution >= 4 is 55.5 Å². The summed E-state index contributed by atoms with van der Waals surface area (Å²) in [5.41, 5.74) is 1.95. The lowest BCUT2D eigenvalue weighted by atomic mass is 10.2. The highest BCUT2D eigenvalue weighted by Crippen LogP contribution is 2.38. The largest absolute Gasteiger partial charge is 0.493 e. The molecule has 0 bridgehead atoms. The zero-order valence-corrected chi connectivity index (χ0v) is 13.6. The summed E-state index contributed by atoms with van der Waals surface area (Å²) in [7, 11) is 0. The monoisotopic (exact) mass is 374 g/mol. The van der Waals surface area contributed by atoms with Gasteiger partial charge in [-0.1, -0.05) is 30.3 Å².